The fourth-order valence-electron chi connectivity index (χ4n) is 1.73. The lowest BCUT2D eigenvalue weighted by atomic mass is 10.2. The molecule has 0 spiro atoms. The minimum atomic E-state index is -0.329. The second-order valence-electron chi connectivity index (χ2n) is 4.30. The Morgan fingerprint density at radius 3 is 3.00 bits per heavy atom. The zero-order chi connectivity index (χ0) is 11.3. The molecule has 0 radical (unpaired) electrons. The number of hydrogen-bond donors (Lipinski definition) is 0. The Bertz CT molecular complexity index is 609. The van der Waals surface area contributed by atoms with Crippen molar-refractivity contribution in [2.24, 2.45) is 0 Å². The van der Waals surface area contributed by atoms with Crippen LogP contribution >= 0.6 is 15.9 Å². The van der Waals surface area contributed by atoms with Gasteiger partial charge in [-0.25, -0.2) is 4.79 Å². The van der Waals surface area contributed by atoms with Crippen molar-refractivity contribution in [1.29, 1.82) is 0 Å². The fraction of sp³-hybridized carbons (Fsp3) is 0.364. The van der Waals surface area contributed by atoms with E-state index in [1.165, 1.54) is 0 Å². The lowest BCUT2D eigenvalue weighted by molar-refractivity contribution is 0.289. The van der Waals surface area contributed by atoms with E-state index in [4.69, 9.17) is 9.15 Å². The maximum Gasteiger partial charge on any atom is 0.420 e. The maximum absolute atomic E-state index is 11.7. The van der Waals surface area contributed by atoms with Crippen LogP contribution in [0.4, 0.5) is 0 Å². The number of rotatable bonds is 2. The molecule has 0 aliphatic carbocycles. The van der Waals surface area contributed by atoms with E-state index in [9.17, 15) is 4.79 Å². The van der Waals surface area contributed by atoms with Gasteiger partial charge < -0.3 is 9.15 Å². The van der Waals surface area contributed by atoms with Gasteiger partial charge in [-0.3, -0.25) is 4.57 Å². The van der Waals surface area contributed by atoms with Gasteiger partial charge in [0, 0.05) is 4.47 Å². The summed E-state index contributed by atoms with van der Waals surface area (Å²) in [5.41, 5.74) is 1.21. The SMILES string of the molecule is CC1(Cn2c(=O)oc3ccc(Br)cc32)CO1. The third-order valence-corrected chi connectivity index (χ3v) is 3.25. The molecule has 4 nitrogen and oxygen atoms in total. The Morgan fingerprint density at radius 1 is 1.56 bits per heavy atom. The molecule has 0 N–H and O–H groups in total. The first-order chi connectivity index (χ1) is 7.57. The lowest BCUT2D eigenvalue weighted by Gasteiger charge is -2.05. The monoisotopic (exact) mass is 283 g/mol. The molecule has 5 heteroatoms. The number of hydrogen-bond acceptors (Lipinski definition) is 3. The van der Waals surface area contributed by atoms with Gasteiger partial charge in [0.25, 0.3) is 0 Å². The van der Waals surface area contributed by atoms with Crippen LogP contribution in [0, 0.1) is 0 Å². The van der Waals surface area contributed by atoms with E-state index >= 15 is 0 Å². The number of nitrogens with zero attached hydrogens (tertiary/aromatic N) is 1. The summed E-state index contributed by atoms with van der Waals surface area (Å²) in [5.74, 6) is -0.329. The molecular formula is C11H10BrNO3. The number of ether oxygens (including phenoxy) is 1. The second kappa shape index (κ2) is 3.21. The average molecular weight is 284 g/mol. The van der Waals surface area contributed by atoms with Crippen LogP contribution in [0.5, 0.6) is 0 Å². The van der Waals surface area contributed by atoms with Gasteiger partial charge in [-0.15, -0.1) is 0 Å². The summed E-state index contributed by atoms with van der Waals surface area (Å²) in [6, 6.07) is 5.52. The van der Waals surface area contributed by atoms with E-state index in [-0.39, 0.29) is 11.4 Å². The Hall–Kier alpha value is -1.07. The summed E-state index contributed by atoms with van der Waals surface area (Å²) in [5, 5.41) is 0. The summed E-state index contributed by atoms with van der Waals surface area (Å²) in [4.78, 5) is 11.7. The summed E-state index contributed by atoms with van der Waals surface area (Å²) in [6.45, 7) is 3.21. The molecule has 84 valence electrons. The minimum Gasteiger partial charge on any atom is -0.408 e. The van der Waals surface area contributed by atoms with Gasteiger partial charge in [-0.05, 0) is 25.1 Å². The normalized spacial score (nSPS) is 23.9. The van der Waals surface area contributed by atoms with Gasteiger partial charge in [0.1, 0.15) is 5.60 Å². The van der Waals surface area contributed by atoms with Crippen LogP contribution in [0.25, 0.3) is 11.1 Å². The molecule has 1 fully saturated rings. The van der Waals surface area contributed by atoms with E-state index in [2.05, 4.69) is 15.9 Å². The van der Waals surface area contributed by atoms with Crippen LogP contribution in [0.1, 0.15) is 6.92 Å². The van der Waals surface area contributed by atoms with Crippen molar-refractivity contribution in [2.45, 2.75) is 19.1 Å². The van der Waals surface area contributed by atoms with Gasteiger partial charge in [-0.2, -0.15) is 0 Å². The van der Waals surface area contributed by atoms with Crippen LogP contribution < -0.4 is 5.76 Å². The summed E-state index contributed by atoms with van der Waals surface area (Å²) < 4.78 is 13.0. The predicted molar refractivity (Wildman–Crippen MR) is 62.5 cm³/mol. The molecule has 1 aliphatic rings. The predicted octanol–water partition coefficient (Wildman–Crippen LogP) is 2.15. The number of halogens is 1. The summed E-state index contributed by atoms with van der Waals surface area (Å²) >= 11 is 3.38. The quantitative estimate of drug-likeness (QED) is 0.794. The second-order valence-corrected chi connectivity index (χ2v) is 5.22. The molecule has 1 unspecified atom stereocenters. The molecule has 0 amide bonds. The Labute approximate surface area is 99.9 Å². The minimum absolute atomic E-state index is 0.205. The Morgan fingerprint density at radius 2 is 2.31 bits per heavy atom. The summed E-state index contributed by atoms with van der Waals surface area (Å²) in [6.07, 6.45) is 0. The average Bonchev–Trinajstić information content (AvgIpc) is 2.88. The fourth-order valence-corrected chi connectivity index (χ4v) is 2.08. The molecule has 2 aromatic rings. The van der Waals surface area contributed by atoms with Crippen molar-refractivity contribution < 1.29 is 9.15 Å². The smallest absolute Gasteiger partial charge is 0.408 e. The molecule has 3 rings (SSSR count). The van der Waals surface area contributed by atoms with Crippen molar-refractivity contribution in [3.05, 3.63) is 33.2 Å². The van der Waals surface area contributed by atoms with Crippen molar-refractivity contribution in [1.82, 2.24) is 4.57 Å². The number of fused-ring (bicyclic) bond motifs is 1. The topological polar surface area (TPSA) is 47.7 Å². The van der Waals surface area contributed by atoms with Gasteiger partial charge in [0.2, 0.25) is 0 Å². The van der Waals surface area contributed by atoms with Crippen LogP contribution in [0.2, 0.25) is 0 Å². The summed E-state index contributed by atoms with van der Waals surface area (Å²) in [7, 11) is 0. The molecular weight excluding hydrogens is 274 g/mol. The first-order valence-corrected chi connectivity index (χ1v) is 5.80. The Balaban J connectivity index is 2.17. The zero-order valence-corrected chi connectivity index (χ0v) is 10.3. The van der Waals surface area contributed by atoms with Crippen molar-refractivity contribution in [2.75, 3.05) is 6.61 Å². The zero-order valence-electron chi connectivity index (χ0n) is 8.70. The number of epoxide rings is 1. The maximum atomic E-state index is 11.7. The van der Waals surface area contributed by atoms with Gasteiger partial charge in [0.15, 0.2) is 5.58 Å². The van der Waals surface area contributed by atoms with Crippen LogP contribution in [-0.4, -0.2) is 16.8 Å². The highest BCUT2D eigenvalue weighted by Gasteiger charge is 2.40. The van der Waals surface area contributed by atoms with Crippen LogP contribution in [0.15, 0.2) is 31.9 Å². The van der Waals surface area contributed by atoms with Crippen LogP contribution in [0.3, 0.4) is 0 Å². The molecule has 0 bridgehead atoms. The van der Waals surface area contributed by atoms with Crippen molar-refractivity contribution in [3.8, 4) is 0 Å². The third kappa shape index (κ3) is 1.60. The molecule has 1 aromatic heterocycles. The lowest BCUT2D eigenvalue weighted by Crippen LogP contribution is -2.23. The standard InChI is InChI=1S/C11H10BrNO3/c1-11(6-15-11)5-13-8-4-7(12)2-3-9(8)16-10(13)14/h2-4H,5-6H2,1H3. The molecule has 2 heterocycles. The van der Waals surface area contributed by atoms with Crippen molar-refractivity contribution in [3.63, 3.8) is 0 Å². The number of benzene rings is 1. The van der Waals surface area contributed by atoms with Gasteiger partial charge in [-0.1, -0.05) is 15.9 Å². The van der Waals surface area contributed by atoms with E-state index in [0.717, 1.165) is 9.99 Å². The molecule has 1 atom stereocenters. The first-order valence-electron chi connectivity index (χ1n) is 5.00. The van der Waals surface area contributed by atoms with E-state index < -0.39 is 0 Å². The van der Waals surface area contributed by atoms with Crippen LogP contribution in [-0.2, 0) is 11.3 Å². The highest BCUT2D eigenvalue weighted by atomic mass is 79.9. The van der Waals surface area contributed by atoms with E-state index in [0.29, 0.717) is 18.7 Å². The highest BCUT2D eigenvalue weighted by molar-refractivity contribution is 9.10. The van der Waals surface area contributed by atoms with Gasteiger partial charge >= 0.3 is 5.76 Å². The van der Waals surface area contributed by atoms with E-state index in [1.54, 1.807) is 10.6 Å². The largest absolute Gasteiger partial charge is 0.420 e. The highest BCUT2D eigenvalue weighted by Crippen LogP contribution is 2.29. The molecule has 16 heavy (non-hydrogen) atoms. The Kier molecular flexibility index (Phi) is 2.03. The first kappa shape index (κ1) is 10.1. The molecule has 1 saturated heterocycles. The number of aromatic nitrogens is 1. The van der Waals surface area contributed by atoms with E-state index in [1.807, 2.05) is 19.1 Å². The number of oxazole rings is 1. The molecule has 0 saturated carbocycles. The van der Waals surface area contributed by atoms with Gasteiger partial charge in [0.05, 0.1) is 18.7 Å². The molecule has 1 aromatic carbocycles. The molecule has 1 aliphatic heterocycles. The third-order valence-electron chi connectivity index (χ3n) is 2.76. The van der Waals surface area contributed by atoms with Crippen molar-refractivity contribution >= 4 is 27.0 Å².